The van der Waals surface area contributed by atoms with Gasteiger partial charge in [-0.2, -0.15) is 4.37 Å². The number of hydrogen-bond donors (Lipinski definition) is 0. The first kappa shape index (κ1) is 7.01. The fourth-order valence-electron chi connectivity index (χ4n) is 2.09. The van der Waals surface area contributed by atoms with Gasteiger partial charge in [0, 0.05) is 5.41 Å². The molecule has 1 aromatic rings. The quantitative estimate of drug-likeness (QED) is 0.698. The predicted molar refractivity (Wildman–Crippen MR) is 48.3 cm³/mol. The minimum atomic E-state index is 0.463. The van der Waals surface area contributed by atoms with Crippen molar-refractivity contribution in [2.45, 2.75) is 38.0 Å². The maximum Gasteiger partial charge on any atom is 0.148 e. The van der Waals surface area contributed by atoms with Crippen LogP contribution in [0.25, 0.3) is 0 Å². The molecule has 2 aliphatic carbocycles. The van der Waals surface area contributed by atoms with Crippen molar-refractivity contribution in [1.82, 2.24) is 9.36 Å². The van der Waals surface area contributed by atoms with Gasteiger partial charge in [0.05, 0.1) is 0 Å². The Kier molecular flexibility index (Phi) is 1.21. The molecule has 0 radical (unpaired) electrons. The molecule has 0 bridgehead atoms. The highest BCUT2D eigenvalue weighted by Gasteiger charge is 2.57. The van der Waals surface area contributed by atoms with E-state index in [1.54, 1.807) is 11.5 Å². The summed E-state index contributed by atoms with van der Waals surface area (Å²) in [5.41, 5.74) is 0.463. The van der Waals surface area contributed by atoms with E-state index >= 15 is 0 Å². The molecule has 0 unspecified atom stereocenters. The van der Waals surface area contributed by atoms with Crippen molar-refractivity contribution in [2.75, 3.05) is 0 Å². The van der Waals surface area contributed by atoms with Crippen molar-refractivity contribution in [3.8, 4) is 0 Å². The van der Waals surface area contributed by atoms with E-state index in [0.717, 1.165) is 16.7 Å². The lowest BCUT2D eigenvalue weighted by Gasteiger charge is -2.07. The van der Waals surface area contributed by atoms with Gasteiger partial charge in [0.1, 0.15) is 10.8 Å². The van der Waals surface area contributed by atoms with E-state index < -0.39 is 0 Å². The maximum absolute atomic E-state index is 4.51. The first-order valence-electron chi connectivity index (χ1n) is 4.62. The number of hydrogen-bond acceptors (Lipinski definition) is 3. The molecule has 12 heavy (non-hydrogen) atoms. The minimum absolute atomic E-state index is 0.463. The van der Waals surface area contributed by atoms with Gasteiger partial charge < -0.3 is 0 Å². The minimum Gasteiger partial charge on any atom is -0.224 e. The van der Waals surface area contributed by atoms with Crippen molar-refractivity contribution in [1.29, 1.82) is 0 Å². The zero-order valence-corrected chi connectivity index (χ0v) is 8.02. The molecule has 2 saturated carbocycles. The first-order valence-corrected chi connectivity index (χ1v) is 5.39. The number of aromatic nitrogens is 2. The van der Waals surface area contributed by atoms with Crippen molar-refractivity contribution >= 4 is 11.5 Å². The molecule has 2 nitrogen and oxygen atoms in total. The summed E-state index contributed by atoms with van der Waals surface area (Å²) >= 11 is 1.56. The van der Waals surface area contributed by atoms with E-state index in [1.807, 2.05) is 6.92 Å². The van der Waals surface area contributed by atoms with E-state index in [1.165, 1.54) is 25.7 Å². The molecule has 0 amide bonds. The van der Waals surface area contributed by atoms with Crippen LogP contribution >= 0.6 is 11.5 Å². The fraction of sp³-hybridized carbons (Fsp3) is 0.778. The largest absolute Gasteiger partial charge is 0.224 e. The van der Waals surface area contributed by atoms with E-state index in [4.69, 9.17) is 0 Å². The van der Waals surface area contributed by atoms with Crippen LogP contribution in [-0.2, 0) is 5.41 Å². The zero-order chi connectivity index (χ0) is 8.18. The molecule has 3 heteroatoms. The Bertz CT molecular complexity index is 310. The summed E-state index contributed by atoms with van der Waals surface area (Å²) < 4.78 is 4.44. The molecule has 1 aromatic heterocycles. The van der Waals surface area contributed by atoms with Gasteiger partial charge in [-0.1, -0.05) is 0 Å². The smallest absolute Gasteiger partial charge is 0.148 e. The highest BCUT2D eigenvalue weighted by Crippen LogP contribution is 2.61. The van der Waals surface area contributed by atoms with E-state index in [-0.39, 0.29) is 0 Å². The third kappa shape index (κ3) is 0.859. The van der Waals surface area contributed by atoms with Crippen LogP contribution < -0.4 is 0 Å². The van der Waals surface area contributed by atoms with Gasteiger partial charge in [-0.15, -0.1) is 0 Å². The highest BCUT2D eigenvalue weighted by atomic mass is 32.1. The van der Waals surface area contributed by atoms with Crippen LogP contribution in [0.4, 0.5) is 0 Å². The fourth-order valence-corrected chi connectivity index (χ4v) is 2.66. The van der Waals surface area contributed by atoms with Crippen LogP contribution in [0.1, 0.15) is 36.5 Å². The average molecular weight is 180 g/mol. The molecule has 0 aliphatic heterocycles. The van der Waals surface area contributed by atoms with Gasteiger partial charge in [0.25, 0.3) is 0 Å². The van der Waals surface area contributed by atoms with Crippen LogP contribution in [0.5, 0.6) is 0 Å². The Labute approximate surface area is 76.2 Å². The monoisotopic (exact) mass is 180 g/mol. The van der Waals surface area contributed by atoms with Crippen molar-refractivity contribution in [2.24, 2.45) is 5.92 Å². The lowest BCUT2D eigenvalue weighted by Crippen LogP contribution is -2.11. The molecule has 2 fully saturated rings. The predicted octanol–water partition coefficient (Wildman–Crippen LogP) is 2.29. The summed E-state index contributed by atoms with van der Waals surface area (Å²) in [6.07, 6.45) is 5.51. The van der Waals surface area contributed by atoms with E-state index in [0.29, 0.717) is 5.41 Å². The van der Waals surface area contributed by atoms with Crippen LogP contribution in [0.2, 0.25) is 0 Å². The average Bonchev–Trinajstić information content (AvgIpc) is 2.92. The summed E-state index contributed by atoms with van der Waals surface area (Å²) in [5, 5.41) is 1.12. The Morgan fingerprint density at radius 2 is 2.17 bits per heavy atom. The second-order valence-corrected chi connectivity index (χ2v) is 5.02. The summed E-state index contributed by atoms with van der Waals surface area (Å²) in [6, 6.07) is 0. The van der Waals surface area contributed by atoms with Crippen LogP contribution in [0.15, 0.2) is 0 Å². The van der Waals surface area contributed by atoms with Gasteiger partial charge >= 0.3 is 0 Å². The SMILES string of the molecule is Cc1nc(C2(C3CC3)CC2)ns1. The molecule has 64 valence electrons. The summed E-state index contributed by atoms with van der Waals surface area (Å²) in [4.78, 5) is 4.51. The molecule has 2 aliphatic rings. The molecule has 0 spiro atoms. The van der Waals surface area contributed by atoms with Crippen molar-refractivity contribution < 1.29 is 0 Å². The lowest BCUT2D eigenvalue weighted by atomic mass is 10.0. The summed E-state index contributed by atoms with van der Waals surface area (Å²) in [6.45, 7) is 2.05. The second kappa shape index (κ2) is 2.08. The Hall–Kier alpha value is -0.440. The Morgan fingerprint density at radius 3 is 2.58 bits per heavy atom. The van der Waals surface area contributed by atoms with Gasteiger partial charge in [0.15, 0.2) is 0 Å². The van der Waals surface area contributed by atoms with Gasteiger partial charge in [-0.25, -0.2) is 4.98 Å². The highest BCUT2D eigenvalue weighted by molar-refractivity contribution is 7.05. The second-order valence-electron chi connectivity index (χ2n) is 4.07. The van der Waals surface area contributed by atoms with Gasteiger partial charge in [-0.05, 0) is 50.1 Å². The topological polar surface area (TPSA) is 25.8 Å². The normalized spacial score (nSPS) is 25.8. The molecule has 0 aromatic carbocycles. The number of nitrogens with zero attached hydrogens (tertiary/aromatic N) is 2. The standard InChI is InChI=1S/C9H12N2S/c1-6-10-8(11-12-6)9(4-5-9)7-2-3-7/h7H,2-5H2,1H3. The summed E-state index contributed by atoms with van der Waals surface area (Å²) in [5.74, 6) is 2.10. The third-order valence-corrected chi connectivity index (χ3v) is 3.74. The third-order valence-electron chi connectivity index (χ3n) is 3.12. The Balaban J connectivity index is 1.96. The number of aryl methyl sites for hydroxylation is 1. The molecule has 0 saturated heterocycles. The maximum atomic E-state index is 4.51. The Morgan fingerprint density at radius 1 is 1.42 bits per heavy atom. The van der Waals surface area contributed by atoms with Crippen LogP contribution in [0.3, 0.4) is 0 Å². The molecule has 1 heterocycles. The van der Waals surface area contributed by atoms with Crippen LogP contribution in [0, 0.1) is 12.8 Å². The zero-order valence-electron chi connectivity index (χ0n) is 7.21. The number of rotatable bonds is 2. The van der Waals surface area contributed by atoms with E-state index in [2.05, 4.69) is 9.36 Å². The molecule has 0 atom stereocenters. The molecular formula is C9H12N2S. The molecule has 0 N–H and O–H groups in total. The summed E-state index contributed by atoms with van der Waals surface area (Å²) in [7, 11) is 0. The molecule has 3 rings (SSSR count). The lowest BCUT2D eigenvalue weighted by molar-refractivity contribution is 0.565. The van der Waals surface area contributed by atoms with Gasteiger partial charge in [-0.3, -0.25) is 0 Å². The van der Waals surface area contributed by atoms with Gasteiger partial charge in [0.2, 0.25) is 0 Å². The van der Waals surface area contributed by atoms with Crippen molar-refractivity contribution in [3.63, 3.8) is 0 Å². The van der Waals surface area contributed by atoms with E-state index in [9.17, 15) is 0 Å². The molecular weight excluding hydrogens is 168 g/mol. The first-order chi connectivity index (χ1) is 5.81. The van der Waals surface area contributed by atoms with Crippen LogP contribution in [-0.4, -0.2) is 9.36 Å². The van der Waals surface area contributed by atoms with Crippen molar-refractivity contribution in [3.05, 3.63) is 10.8 Å².